The summed E-state index contributed by atoms with van der Waals surface area (Å²) in [7, 11) is -4.07. The van der Waals surface area contributed by atoms with Crippen LogP contribution in [0.2, 0.25) is 0 Å². The van der Waals surface area contributed by atoms with Crippen LogP contribution in [-0.4, -0.2) is 56.2 Å². The lowest BCUT2D eigenvalue weighted by atomic mass is 10.1. The third-order valence-corrected chi connectivity index (χ3v) is 5.73. The molecule has 1 aliphatic rings. The molecule has 2 amide bonds. The van der Waals surface area contributed by atoms with Crippen LogP contribution in [0.5, 0.6) is 0 Å². The number of sulfonamides is 1. The molecule has 1 atom stereocenters. The second-order valence-corrected chi connectivity index (χ2v) is 8.28. The number of nitrogens with two attached hydrogens (primary N) is 1. The van der Waals surface area contributed by atoms with Crippen LogP contribution in [0.1, 0.15) is 12.8 Å². The highest BCUT2D eigenvalue weighted by atomic mass is 32.2. The number of amides is 2. The number of hydrogen-bond acceptors (Lipinski definition) is 8. The Morgan fingerprint density at radius 3 is 2.44 bits per heavy atom. The summed E-state index contributed by atoms with van der Waals surface area (Å²) in [5.74, 6) is 2.72. The van der Waals surface area contributed by atoms with E-state index in [9.17, 15) is 27.9 Å². The van der Waals surface area contributed by atoms with Gasteiger partial charge in [0.05, 0.1) is 10.6 Å². The number of carbonyl (C=O) groups is 3. The van der Waals surface area contributed by atoms with Crippen LogP contribution < -0.4 is 26.7 Å². The molecule has 32 heavy (non-hydrogen) atoms. The van der Waals surface area contributed by atoms with Crippen LogP contribution >= 0.6 is 0 Å². The second-order valence-electron chi connectivity index (χ2n) is 6.56. The number of hydrazone groups is 1. The van der Waals surface area contributed by atoms with Gasteiger partial charge in [0.15, 0.2) is 0 Å². The van der Waals surface area contributed by atoms with Crippen molar-refractivity contribution in [2.24, 2.45) is 10.9 Å². The molecule has 0 saturated heterocycles. The van der Waals surface area contributed by atoms with E-state index in [-0.39, 0.29) is 23.8 Å². The standard InChI is InChI=1S/C19H24N6O6S/c20-25-23-14-8-6-13(7-9-14)18(27)21-11-10-17(26)22-12-16(19(28)29)24-32(30,31)15-4-2-1-3-5-15/h1-8,16,24-25H,9-12,20H2,(H,21,27)(H,22,26)(H,28,29)/t16-/m0/s1. The third kappa shape index (κ3) is 7.61. The molecule has 0 spiro atoms. The van der Waals surface area contributed by atoms with Crippen LogP contribution in [0.25, 0.3) is 0 Å². The molecule has 1 aliphatic carbocycles. The first kappa shape index (κ1) is 24.7. The van der Waals surface area contributed by atoms with Crippen LogP contribution in [0.15, 0.2) is 64.1 Å². The number of hydrazine groups is 1. The molecule has 0 aromatic heterocycles. The Morgan fingerprint density at radius 2 is 1.84 bits per heavy atom. The van der Waals surface area contributed by atoms with Gasteiger partial charge in [-0.15, -0.1) is 0 Å². The average molecular weight is 465 g/mol. The maximum Gasteiger partial charge on any atom is 0.323 e. The molecule has 7 N–H and O–H groups in total. The summed E-state index contributed by atoms with van der Waals surface area (Å²) in [4.78, 5) is 35.4. The first-order chi connectivity index (χ1) is 15.2. The normalized spacial score (nSPS) is 15.5. The summed E-state index contributed by atoms with van der Waals surface area (Å²) >= 11 is 0. The monoisotopic (exact) mass is 464 g/mol. The minimum Gasteiger partial charge on any atom is -0.480 e. The maximum atomic E-state index is 12.3. The number of hydrogen-bond donors (Lipinski definition) is 6. The summed E-state index contributed by atoms with van der Waals surface area (Å²) in [6.07, 6.45) is 5.14. The third-order valence-electron chi connectivity index (χ3n) is 4.25. The topological polar surface area (TPSA) is 192 Å². The van der Waals surface area contributed by atoms with E-state index in [0.717, 1.165) is 0 Å². The van der Waals surface area contributed by atoms with Crippen LogP contribution in [0.3, 0.4) is 0 Å². The number of benzene rings is 1. The number of rotatable bonds is 11. The Hall–Kier alpha value is -3.55. The van der Waals surface area contributed by atoms with Gasteiger partial charge >= 0.3 is 5.97 Å². The van der Waals surface area contributed by atoms with E-state index >= 15 is 0 Å². The summed E-state index contributed by atoms with van der Waals surface area (Å²) in [5.41, 5.74) is 3.22. The van der Waals surface area contributed by atoms with Crippen molar-refractivity contribution in [3.63, 3.8) is 0 Å². The Kier molecular flexibility index (Phi) is 9.07. The highest BCUT2D eigenvalue weighted by Crippen LogP contribution is 2.09. The minimum absolute atomic E-state index is 0.00856. The molecule has 172 valence electrons. The van der Waals surface area contributed by atoms with Gasteiger partial charge in [-0.25, -0.2) is 19.8 Å². The summed E-state index contributed by atoms with van der Waals surface area (Å²) in [6, 6.07) is 5.71. The predicted octanol–water partition coefficient (Wildman–Crippen LogP) is -1.25. The largest absolute Gasteiger partial charge is 0.480 e. The highest BCUT2D eigenvalue weighted by molar-refractivity contribution is 7.89. The van der Waals surface area contributed by atoms with Gasteiger partial charge in [0.2, 0.25) is 15.9 Å². The molecular weight excluding hydrogens is 440 g/mol. The quantitative estimate of drug-likeness (QED) is 0.173. The highest BCUT2D eigenvalue weighted by Gasteiger charge is 2.25. The van der Waals surface area contributed by atoms with Crippen molar-refractivity contribution in [3.8, 4) is 0 Å². The number of carboxylic acids is 1. The molecule has 0 bridgehead atoms. The fourth-order valence-corrected chi connectivity index (χ4v) is 3.81. The molecule has 0 saturated carbocycles. The van der Waals surface area contributed by atoms with Crippen molar-refractivity contribution in [2.75, 3.05) is 13.1 Å². The zero-order valence-corrected chi connectivity index (χ0v) is 17.8. The van der Waals surface area contributed by atoms with Crippen molar-refractivity contribution in [3.05, 3.63) is 54.1 Å². The fourth-order valence-electron chi connectivity index (χ4n) is 2.60. The SMILES string of the molecule is NNN=C1C=CC(C(=O)NCCC(=O)NC[C@H](NS(=O)(=O)c2ccccc2)C(=O)O)=CC1. The number of nitrogens with one attached hydrogen (secondary N) is 4. The van der Waals surface area contributed by atoms with Crippen LogP contribution in [-0.2, 0) is 24.4 Å². The number of carboxylic acid groups (broad SMARTS) is 1. The zero-order chi connectivity index (χ0) is 23.6. The van der Waals surface area contributed by atoms with Crippen molar-refractivity contribution >= 4 is 33.5 Å². The fraction of sp³-hybridized carbons (Fsp3) is 0.263. The summed E-state index contributed by atoms with van der Waals surface area (Å²) in [5, 5.41) is 18.0. The Bertz CT molecular complexity index is 1040. The average Bonchev–Trinajstić information content (AvgIpc) is 2.77. The number of aliphatic carboxylic acids is 1. The van der Waals surface area contributed by atoms with Gasteiger partial charge in [0.1, 0.15) is 6.04 Å². The maximum absolute atomic E-state index is 12.3. The molecule has 0 fully saturated rings. The molecule has 0 radical (unpaired) electrons. The van der Waals surface area contributed by atoms with E-state index in [1.807, 2.05) is 4.72 Å². The van der Waals surface area contributed by atoms with Gasteiger partial charge in [-0.1, -0.05) is 24.3 Å². The number of allylic oxidation sites excluding steroid dienone is 2. The van der Waals surface area contributed by atoms with Crippen molar-refractivity contribution in [2.45, 2.75) is 23.8 Å². The molecule has 2 rings (SSSR count). The van der Waals surface area contributed by atoms with E-state index in [1.165, 1.54) is 24.3 Å². The van der Waals surface area contributed by atoms with Gasteiger partial charge in [0.25, 0.3) is 5.91 Å². The number of carbonyl (C=O) groups excluding carboxylic acids is 2. The van der Waals surface area contributed by atoms with E-state index in [2.05, 4.69) is 21.3 Å². The van der Waals surface area contributed by atoms with Gasteiger partial charge in [-0.2, -0.15) is 9.82 Å². The molecule has 0 aliphatic heterocycles. The predicted molar refractivity (Wildman–Crippen MR) is 115 cm³/mol. The van der Waals surface area contributed by atoms with Gasteiger partial charge in [0, 0.05) is 31.5 Å². The lowest BCUT2D eigenvalue weighted by molar-refractivity contribution is -0.138. The zero-order valence-electron chi connectivity index (χ0n) is 16.9. The van der Waals surface area contributed by atoms with E-state index in [1.54, 1.807) is 24.3 Å². The van der Waals surface area contributed by atoms with Crippen molar-refractivity contribution in [1.82, 2.24) is 20.9 Å². The lowest BCUT2D eigenvalue weighted by Gasteiger charge is -2.16. The Morgan fingerprint density at radius 1 is 1.12 bits per heavy atom. The van der Waals surface area contributed by atoms with Crippen LogP contribution in [0, 0.1) is 0 Å². The van der Waals surface area contributed by atoms with E-state index < -0.39 is 34.5 Å². The first-order valence-electron chi connectivity index (χ1n) is 9.48. The molecule has 1 aromatic carbocycles. The summed E-state index contributed by atoms with van der Waals surface area (Å²) < 4.78 is 26.6. The molecule has 0 unspecified atom stereocenters. The lowest BCUT2D eigenvalue weighted by Crippen LogP contribution is -2.48. The minimum atomic E-state index is -4.07. The van der Waals surface area contributed by atoms with Crippen molar-refractivity contribution in [1.29, 1.82) is 0 Å². The van der Waals surface area contributed by atoms with Gasteiger partial charge in [-0.3, -0.25) is 14.4 Å². The Labute approximate surface area is 184 Å². The molecule has 13 heteroatoms. The molecule has 1 aromatic rings. The van der Waals surface area contributed by atoms with Gasteiger partial charge < -0.3 is 15.7 Å². The van der Waals surface area contributed by atoms with Crippen molar-refractivity contribution < 1.29 is 27.9 Å². The number of nitrogens with zero attached hydrogens (tertiary/aromatic N) is 1. The smallest absolute Gasteiger partial charge is 0.323 e. The molecule has 0 heterocycles. The molecule has 12 nitrogen and oxygen atoms in total. The molecular formula is C19H24N6O6S. The first-order valence-corrected chi connectivity index (χ1v) is 11.0. The van der Waals surface area contributed by atoms with E-state index in [0.29, 0.717) is 17.7 Å². The van der Waals surface area contributed by atoms with E-state index in [4.69, 9.17) is 5.84 Å². The Balaban J connectivity index is 1.78. The summed E-state index contributed by atoms with van der Waals surface area (Å²) in [6.45, 7) is -0.450. The second kappa shape index (κ2) is 11.7. The van der Waals surface area contributed by atoms with Crippen LogP contribution in [0.4, 0.5) is 0 Å². The van der Waals surface area contributed by atoms with Gasteiger partial charge in [-0.05, 0) is 24.3 Å².